The average Bonchev–Trinajstić information content (AvgIpc) is 3.16. The number of rotatable bonds is 3. The number of benzene rings is 1. The summed E-state index contributed by atoms with van der Waals surface area (Å²) >= 11 is 1.43. The van der Waals surface area contributed by atoms with Crippen molar-refractivity contribution in [2.75, 3.05) is 0 Å². The summed E-state index contributed by atoms with van der Waals surface area (Å²) in [6.45, 7) is 2.81. The number of carbonyl (C=O) groups is 1. The Hall–Kier alpha value is -2.54. The van der Waals surface area contributed by atoms with Gasteiger partial charge in [-0.3, -0.25) is 0 Å². The maximum atomic E-state index is 12.1. The van der Waals surface area contributed by atoms with Crippen molar-refractivity contribution in [2.45, 2.75) is 39.2 Å². The topological polar surface area (TPSA) is 69.9 Å². The van der Waals surface area contributed by atoms with Gasteiger partial charge in [0.25, 0.3) is 0 Å². The largest absolute Gasteiger partial charge is 0.422 e. The van der Waals surface area contributed by atoms with Gasteiger partial charge in [0.05, 0.1) is 5.01 Å². The van der Waals surface area contributed by atoms with Crippen molar-refractivity contribution in [1.29, 1.82) is 0 Å². The number of aromatic nitrogens is 4. The summed E-state index contributed by atoms with van der Waals surface area (Å²) < 4.78 is 7.58. The SMILES string of the molecule is Cc1nc(C(=O)Oc2ccc(-c3nnc4n3CCCCC4)cc2)cs1. The minimum absolute atomic E-state index is 0.342. The fraction of sp³-hybridized carbons (Fsp3) is 0.333. The third-order valence-corrected chi connectivity index (χ3v) is 5.03. The summed E-state index contributed by atoms with van der Waals surface area (Å²) in [6, 6.07) is 7.39. The third kappa shape index (κ3) is 3.32. The molecule has 0 atom stereocenters. The van der Waals surface area contributed by atoms with Crippen molar-refractivity contribution in [3.05, 3.63) is 46.2 Å². The Morgan fingerprint density at radius 3 is 2.76 bits per heavy atom. The first-order chi connectivity index (χ1) is 12.2. The maximum absolute atomic E-state index is 12.1. The second-order valence-electron chi connectivity index (χ2n) is 6.07. The van der Waals surface area contributed by atoms with Crippen molar-refractivity contribution in [1.82, 2.24) is 19.7 Å². The van der Waals surface area contributed by atoms with Gasteiger partial charge in [0.2, 0.25) is 0 Å². The molecule has 0 saturated carbocycles. The van der Waals surface area contributed by atoms with Crippen LogP contribution in [0.15, 0.2) is 29.6 Å². The Morgan fingerprint density at radius 2 is 2.00 bits per heavy atom. The molecular formula is C18H18N4O2S. The van der Waals surface area contributed by atoms with Crippen LogP contribution in [-0.4, -0.2) is 25.7 Å². The van der Waals surface area contributed by atoms with E-state index in [2.05, 4.69) is 19.7 Å². The number of ether oxygens (including phenoxy) is 1. The molecule has 6 nitrogen and oxygen atoms in total. The molecule has 3 aromatic rings. The first-order valence-corrected chi connectivity index (χ1v) is 9.25. The van der Waals surface area contributed by atoms with Crippen LogP contribution in [0.2, 0.25) is 0 Å². The second-order valence-corrected chi connectivity index (χ2v) is 7.13. The van der Waals surface area contributed by atoms with E-state index in [1.54, 1.807) is 17.5 Å². The number of carbonyl (C=O) groups excluding carboxylic acids is 1. The molecule has 1 aromatic carbocycles. The highest BCUT2D eigenvalue weighted by Gasteiger charge is 2.16. The van der Waals surface area contributed by atoms with E-state index in [0.29, 0.717) is 11.4 Å². The van der Waals surface area contributed by atoms with Crippen molar-refractivity contribution in [2.24, 2.45) is 0 Å². The summed E-state index contributed by atoms with van der Waals surface area (Å²) in [4.78, 5) is 16.2. The molecule has 0 bridgehead atoms. The molecule has 0 amide bonds. The number of aryl methyl sites for hydroxylation is 2. The number of fused-ring (bicyclic) bond motifs is 1. The molecule has 0 spiro atoms. The molecule has 3 heterocycles. The lowest BCUT2D eigenvalue weighted by molar-refractivity contribution is 0.0729. The van der Waals surface area contributed by atoms with E-state index in [1.807, 2.05) is 19.1 Å². The van der Waals surface area contributed by atoms with E-state index < -0.39 is 5.97 Å². The van der Waals surface area contributed by atoms with Gasteiger partial charge < -0.3 is 9.30 Å². The number of nitrogens with zero attached hydrogens (tertiary/aromatic N) is 4. The van der Waals surface area contributed by atoms with Crippen LogP contribution >= 0.6 is 11.3 Å². The van der Waals surface area contributed by atoms with Gasteiger partial charge in [0, 0.05) is 23.9 Å². The van der Waals surface area contributed by atoms with E-state index in [1.165, 1.54) is 24.2 Å². The van der Waals surface area contributed by atoms with Gasteiger partial charge in [-0.05, 0) is 44.0 Å². The zero-order chi connectivity index (χ0) is 17.2. The number of hydrogen-bond acceptors (Lipinski definition) is 6. The van der Waals surface area contributed by atoms with Gasteiger partial charge in [-0.25, -0.2) is 9.78 Å². The van der Waals surface area contributed by atoms with Crippen LogP contribution in [0.5, 0.6) is 5.75 Å². The van der Waals surface area contributed by atoms with E-state index in [-0.39, 0.29) is 0 Å². The molecule has 0 aliphatic carbocycles. The lowest BCUT2D eigenvalue weighted by atomic mass is 10.2. The normalized spacial score (nSPS) is 14.0. The molecule has 0 saturated heterocycles. The molecule has 1 aliphatic heterocycles. The first-order valence-electron chi connectivity index (χ1n) is 8.37. The van der Waals surface area contributed by atoms with Gasteiger partial charge in [-0.2, -0.15) is 0 Å². The predicted octanol–water partition coefficient (Wildman–Crippen LogP) is 3.66. The summed E-state index contributed by atoms with van der Waals surface area (Å²) in [5.74, 6) is 2.00. The highest BCUT2D eigenvalue weighted by molar-refractivity contribution is 7.09. The van der Waals surface area contributed by atoms with Gasteiger partial charge in [-0.1, -0.05) is 6.42 Å². The molecule has 1 aliphatic rings. The van der Waals surface area contributed by atoms with Gasteiger partial charge in [-0.15, -0.1) is 21.5 Å². The van der Waals surface area contributed by atoms with Crippen molar-refractivity contribution in [3.8, 4) is 17.1 Å². The van der Waals surface area contributed by atoms with Gasteiger partial charge >= 0.3 is 5.97 Å². The maximum Gasteiger partial charge on any atom is 0.363 e. The van der Waals surface area contributed by atoms with Crippen LogP contribution in [0.1, 0.15) is 40.6 Å². The summed E-state index contributed by atoms with van der Waals surface area (Å²) in [5.41, 5.74) is 1.32. The summed E-state index contributed by atoms with van der Waals surface area (Å²) in [6.07, 6.45) is 4.54. The quantitative estimate of drug-likeness (QED) is 0.530. The van der Waals surface area contributed by atoms with Crippen LogP contribution < -0.4 is 4.74 Å². The highest BCUT2D eigenvalue weighted by Crippen LogP contribution is 2.25. The summed E-state index contributed by atoms with van der Waals surface area (Å²) in [7, 11) is 0. The van der Waals surface area contributed by atoms with Crippen LogP contribution in [0, 0.1) is 6.92 Å². The number of hydrogen-bond donors (Lipinski definition) is 0. The number of esters is 1. The molecule has 0 N–H and O–H groups in total. The Balaban J connectivity index is 1.52. The first kappa shape index (κ1) is 16.0. The second kappa shape index (κ2) is 6.76. The lowest BCUT2D eigenvalue weighted by Crippen LogP contribution is -2.09. The Kier molecular flexibility index (Phi) is 4.31. The molecular weight excluding hydrogens is 336 g/mol. The van der Waals surface area contributed by atoms with Crippen molar-refractivity contribution >= 4 is 17.3 Å². The van der Waals surface area contributed by atoms with Crippen LogP contribution in [0.25, 0.3) is 11.4 Å². The molecule has 7 heteroatoms. The molecule has 25 heavy (non-hydrogen) atoms. The molecule has 0 radical (unpaired) electrons. The van der Waals surface area contributed by atoms with E-state index in [9.17, 15) is 4.79 Å². The highest BCUT2D eigenvalue weighted by atomic mass is 32.1. The molecule has 4 rings (SSSR count). The van der Waals surface area contributed by atoms with Gasteiger partial charge in [0.15, 0.2) is 11.5 Å². The monoisotopic (exact) mass is 354 g/mol. The van der Waals surface area contributed by atoms with Crippen molar-refractivity contribution in [3.63, 3.8) is 0 Å². The van der Waals surface area contributed by atoms with E-state index >= 15 is 0 Å². The van der Waals surface area contributed by atoms with Crippen LogP contribution in [-0.2, 0) is 13.0 Å². The van der Waals surface area contributed by atoms with Crippen LogP contribution in [0.4, 0.5) is 0 Å². The fourth-order valence-corrected chi connectivity index (χ4v) is 3.57. The Labute approximate surface area is 149 Å². The Morgan fingerprint density at radius 1 is 1.16 bits per heavy atom. The standard InChI is InChI=1S/C18H18N4O2S/c1-12-19-15(11-25-12)18(23)24-14-8-6-13(7-9-14)17-21-20-16-5-3-2-4-10-22(16)17/h6-9,11H,2-5,10H2,1H3. The fourth-order valence-electron chi connectivity index (χ4n) is 2.99. The van der Waals surface area contributed by atoms with Gasteiger partial charge in [0.1, 0.15) is 11.6 Å². The molecule has 128 valence electrons. The average molecular weight is 354 g/mol. The minimum Gasteiger partial charge on any atom is -0.422 e. The van der Waals surface area contributed by atoms with Crippen LogP contribution in [0.3, 0.4) is 0 Å². The molecule has 0 unspecified atom stereocenters. The zero-order valence-electron chi connectivity index (χ0n) is 13.9. The molecule has 0 fully saturated rings. The van der Waals surface area contributed by atoms with E-state index in [0.717, 1.165) is 41.6 Å². The predicted molar refractivity (Wildman–Crippen MR) is 94.8 cm³/mol. The third-order valence-electron chi connectivity index (χ3n) is 4.26. The minimum atomic E-state index is -0.437. The van der Waals surface area contributed by atoms with E-state index in [4.69, 9.17) is 4.74 Å². The Bertz CT molecular complexity index is 898. The molecule has 2 aromatic heterocycles. The zero-order valence-corrected chi connectivity index (χ0v) is 14.8. The smallest absolute Gasteiger partial charge is 0.363 e. The lowest BCUT2D eigenvalue weighted by Gasteiger charge is -2.08. The number of thiazole rings is 1. The van der Waals surface area contributed by atoms with Crippen molar-refractivity contribution < 1.29 is 9.53 Å². The summed E-state index contributed by atoms with van der Waals surface area (Å²) in [5, 5.41) is 11.2.